The van der Waals surface area contributed by atoms with Gasteiger partial charge in [0.05, 0.1) is 24.9 Å². The van der Waals surface area contributed by atoms with Crippen molar-refractivity contribution in [3.05, 3.63) is 23.7 Å². The summed E-state index contributed by atoms with van der Waals surface area (Å²) in [5, 5.41) is 0. The lowest BCUT2D eigenvalue weighted by Crippen LogP contribution is -2.53. The standard InChI is InChI=1S/C27H42N4O5/c1-25(2,3)22-14-17-23(30(22)9)29-18(15-28-17)20(32)12-11-13-21(34-10)19-16-35-27(7,8)31(19)24(33)36-26(4,5)6/h14-15,19,21H,11-13,16H2,1-10H3/t19-,21+/m0/s1. The Bertz CT molecular complexity index is 1110. The Morgan fingerprint density at radius 3 is 2.47 bits per heavy atom. The average Bonchev–Trinajstić information content (AvgIpc) is 3.25. The number of aryl methyl sites for hydroxylation is 1. The van der Waals surface area contributed by atoms with Gasteiger partial charge in [-0.3, -0.25) is 14.7 Å². The van der Waals surface area contributed by atoms with Crippen LogP contribution in [-0.4, -0.2) is 68.5 Å². The van der Waals surface area contributed by atoms with E-state index in [1.54, 1.807) is 18.2 Å². The highest BCUT2D eigenvalue weighted by molar-refractivity contribution is 5.95. The molecule has 9 nitrogen and oxygen atoms in total. The molecule has 1 amide bonds. The van der Waals surface area contributed by atoms with Gasteiger partial charge in [-0.15, -0.1) is 0 Å². The molecule has 1 fully saturated rings. The maximum atomic E-state index is 13.0. The molecule has 1 aliphatic heterocycles. The summed E-state index contributed by atoms with van der Waals surface area (Å²) in [6.07, 6.45) is 2.29. The summed E-state index contributed by atoms with van der Waals surface area (Å²) in [4.78, 5) is 36.7. The first kappa shape index (κ1) is 28.1. The van der Waals surface area contributed by atoms with Crippen molar-refractivity contribution in [3.8, 4) is 0 Å². The van der Waals surface area contributed by atoms with E-state index in [4.69, 9.17) is 14.2 Å². The molecule has 36 heavy (non-hydrogen) atoms. The lowest BCUT2D eigenvalue weighted by Gasteiger charge is -2.37. The van der Waals surface area contributed by atoms with Crippen LogP contribution in [0.4, 0.5) is 4.79 Å². The number of hydrogen-bond acceptors (Lipinski definition) is 7. The third kappa shape index (κ3) is 6.06. The smallest absolute Gasteiger partial charge is 0.412 e. The topological polar surface area (TPSA) is 95.8 Å². The minimum absolute atomic E-state index is 0.0534. The Hall–Kier alpha value is -2.52. The third-order valence-electron chi connectivity index (χ3n) is 6.52. The maximum Gasteiger partial charge on any atom is 0.412 e. The molecular weight excluding hydrogens is 460 g/mol. The number of methoxy groups -OCH3 is 1. The van der Waals surface area contributed by atoms with Crippen molar-refractivity contribution in [1.29, 1.82) is 0 Å². The lowest BCUT2D eigenvalue weighted by molar-refractivity contribution is -0.0703. The number of ketones is 1. The average molecular weight is 503 g/mol. The predicted octanol–water partition coefficient (Wildman–Crippen LogP) is 5.01. The summed E-state index contributed by atoms with van der Waals surface area (Å²) >= 11 is 0. The van der Waals surface area contributed by atoms with Gasteiger partial charge in [-0.1, -0.05) is 20.8 Å². The summed E-state index contributed by atoms with van der Waals surface area (Å²) in [6, 6.07) is 1.71. The molecule has 1 aliphatic rings. The number of amides is 1. The number of hydrogen-bond donors (Lipinski definition) is 0. The molecule has 0 unspecified atom stereocenters. The Balaban J connectivity index is 1.68. The Labute approximate surface area is 214 Å². The van der Waals surface area contributed by atoms with E-state index in [1.165, 1.54) is 0 Å². The van der Waals surface area contributed by atoms with E-state index >= 15 is 0 Å². The van der Waals surface area contributed by atoms with Crippen molar-refractivity contribution in [1.82, 2.24) is 19.4 Å². The second-order valence-electron chi connectivity index (χ2n) is 12.1. The summed E-state index contributed by atoms with van der Waals surface area (Å²) in [5.74, 6) is -0.0650. The summed E-state index contributed by atoms with van der Waals surface area (Å²) in [6.45, 7) is 16.0. The van der Waals surface area contributed by atoms with Crippen molar-refractivity contribution in [2.24, 2.45) is 7.05 Å². The molecule has 0 radical (unpaired) electrons. The van der Waals surface area contributed by atoms with Gasteiger partial charge in [-0.25, -0.2) is 9.78 Å². The molecule has 0 spiro atoms. The van der Waals surface area contributed by atoms with Gasteiger partial charge in [-0.2, -0.15) is 0 Å². The molecule has 2 aromatic heterocycles. The number of aromatic nitrogens is 3. The van der Waals surface area contributed by atoms with Crippen LogP contribution in [0.25, 0.3) is 11.2 Å². The number of fused-ring (bicyclic) bond motifs is 1. The van der Waals surface area contributed by atoms with E-state index in [2.05, 4.69) is 30.7 Å². The Kier molecular flexibility index (Phi) is 7.86. The van der Waals surface area contributed by atoms with Crippen LogP contribution in [0.1, 0.15) is 90.8 Å². The van der Waals surface area contributed by atoms with Gasteiger partial charge in [0.1, 0.15) is 22.5 Å². The minimum Gasteiger partial charge on any atom is -0.444 e. The molecule has 3 rings (SSSR count). The number of nitrogens with zero attached hydrogens (tertiary/aromatic N) is 4. The van der Waals surface area contributed by atoms with Gasteiger partial charge >= 0.3 is 6.09 Å². The fraction of sp³-hybridized carbons (Fsp3) is 0.704. The fourth-order valence-electron chi connectivity index (χ4n) is 4.76. The maximum absolute atomic E-state index is 13.0. The van der Waals surface area contributed by atoms with Crippen LogP contribution in [0.2, 0.25) is 0 Å². The van der Waals surface area contributed by atoms with Crippen LogP contribution in [-0.2, 0) is 26.7 Å². The first-order valence-corrected chi connectivity index (χ1v) is 12.6. The monoisotopic (exact) mass is 502 g/mol. The minimum atomic E-state index is -0.814. The van der Waals surface area contributed by atoms with Gasteiger partial charge in [0.25, 0.3) is 0 Å². The molecule has 9 heteroatoms. The number of Topliss-reactive ketones (excluding diaryl/α,β-unsaturated/α-hetero) is 1. The van der Waals surface area contributed by atoms with Gasteiger partial charge in [0, 0.05) is 31.7 Å². The number of rotatable bonds is 7. The van der Waals surface area contributed by atoms with Crippen LogP contribution < -0.4 is 0 Å². The molecule has 2 aromatic rings. The van der Waals surface area contributed by atoms with Crippen molar-refractivity contribution < 1.29 is 23.8 Å². The predicted molar refractivity (Wildman–Crippen MR) is 138 cm³/mol. The highest BCUT2D eigenvalue weighted by Gasteiger charge is 2.48. The summed E-state index contributed by atoms with van der Waals surface area (Å²) in [5.41, 5.74) is 1.47. The van der Waals surface area contributed by atoms with Crippen LogP contribution in [0.15, 0.2) is 12.3 Å². The molecule has 1 saturated heterocycles. The Morgan fingerprint density at radius 1 is 1.22 bits per heavy atom. The number of carbonyl (C=O) groups excluding carboxylic acids is 2. The van der Waals surface area contributed by atoms with Crippen molar-refractivity contribution in [3.63, 3.8) is 0 Å². The lowest BCUT2D eigenvalue weighted by atomic mass is 9.92. The molecule has 0 aliphatic carbocycles. The molecule has 2 atom stereocenters. The van der Waals surface area contributed by atoms with Crippen LogP contribution in [0.5, 0.6) is 0 Å². The molecule has 0 N–H and O–H groups in total. The van der Waals surface area contributed by atoms with E-state index in [-0.39, 0.29) is 23.3 Å². The molecule has 3 heterocycles. The molecule has 200 valence electrons. The van der Waals surface area contributed by atoms with Crippen LogP contribution in [0.3, 0.4) is 0 Å². The summed E-state index contributed by atoms with van der Waals surface area (Å²) in [7, 11) is 3.57. The highest BCUT2D eigenvalue weighted by Crippen LogP contribution is 2.33. The van der Waals surface area contributed by atoms with E-state index < -0.39 is 17.4 Å². The largest absolute Gasteiger partial charge is 0.444 e. The zero-order chi connectivity index (χ0) is 27.1. The third-order valence-corrected chi connectivity index (χ3v) is 6.52. The van der Waals surface area contributed by atoms with Crippen molar-refractivity contribution >= 4 is 23.0 Å². The van der Waals surface area contributed by atoms with E-state index in [1.807, 2.05) is 52.3 Å². The van der Waals surface area contributed by atoms with Gasteiger partial charge in [0.2, 0.25) is 0 Å². The van der Waals surface area contributed by atoms with E-state index in [0.29, 0.717) is 37.2 Å². The molecule has 0 aromatic carbocycles. The number of ether oxygens (including phenoxy) is 3. The van der Waals surface area contributed by atoms with Crippen molar-refractivity contribution in [2.45, 2.75) is 104 Å². The first-order valence-electron chi connectivity index (χ1n) is 12.6. The van der Waals surface area contributed by atoms with Gasteiger partial charge in [-0.05, 0) is 53.5 Å². The second kappa shape index (κ2) is 10.1. The molecular formula is C27H42N4O5. The zero-order valence-electron chi connectivity index (χ0n) is 23.5. The van der Waals surface area contributed by atoms with Crippen LogP contribution in [0, 0.1) is 0 Å². The fourth-order valence-corrected chi connectivity index (χ4v) is 4.76. The SMILES string of the molecule is CO[C@H](CCCC(=O)c1cnc2cc(C(C)(C)C)n(C)c2n1)[C@@H]1COC(C)(C)N1C(=O)OC(C)(C)C. The normalized spacial score (nSPS) is 19.1. The highest BCUT2D eigenvalue weighted by atomic mass is 16.6. The Morgan fingerprint density at radius 2 is 1.89 bits per heavy atom. The van der Waals surface area contributed by atoms with Crippen LogP contribution >= 0.6 is 0 Å². The number of carbonyl (C=O) groups is 2. The van der Waals surface area contributed by atoms with Gasteiger partial charge in [0.15, 0.2) is 11.4 Å². The summed E-state index contributed by atoms with van der Waals surface area (Å²) < 4.78 is 19.3. The van der Waals surface area contributed by atoms with Gasteiger partial charge < -0.3 is 18.8 Å². The first-order chi connectivity index (χ1) is 16.5. The second-order valence-corrected chi connectivity index (χ2v) is 12.1. The van der Waals surface area contributed by atoms with E-state index in [9.17, 15) is 9.59 Å². The molecule has 0 saturated carbocycles. The zero-order valence-corrected chi connectivity index (χ0v) is 23.5. The molecule has 0 bridgehead atoms. The van der Waals surface area contributed by atoms with E-state index in [0.717, 1.165) is 11.2 Å². The quantitative estimate of drug-likeness (QED) is 0.491. The van der Waals surface area contributed by atoms with Crippen molar-refractivity contribution in [2.75, 3.05) is 13.7 Å².